The first-order valence-corrected chi connectivity index (χ1v) is 6.00. The van der Waals surface area contributed by atoms with Gasteiger partial charge in [-0.15, -0.1) is 0 Å². The van der Waals surface area contributed by atoms with Crippen LogP contribution in [-0.4, -0.2) is 18.8 Å². The average Bonchev–Trinajstić information content (AvgIpc) is 2.66. The van der Waals surface area contributed by atoms with E-state index in [1.165, 1.54) is 6.07 Å². The van der Waals surface area contributed by atoms with Crippen LogP contribution in [0.25, 0.3) is 0 Å². The predicted octanol–water partition coefficient (Wildman–Crippen LogP) is 3.95. The van der Waals surface area contributed by atoms with Crippen molar-refractivity contribution in [3.05, 3.63) is 28.8 Å². The van der Waals surface area contributed by atoms with Crippen molar-refractivity contribution in [2.45, 2.75) is 31.7 Å². The van der Waals surface area contributed by atoms with Gasteiger partial charge in [-0.3, -0.25) is 0 Å². The second-order valence-corrected chi connectivity index (χ2v) is 4.71. The van der Waals surface area contributed by atoms with Crippen LogP contribution in [0.5, 0.6) is 0 Å². The maximum atomic E-state index is 12.5. The van der Waals surface area contributed by atoms with Crippen LogP contribution in [0.1, 0.15) is 18.9 Å². The topological polar surface area (TPSA) is 21.3 Å². The Balaban J connectivity index is 2.15. The van der Waals surface area contributed by atoms with Gasteiger partial charge in [0.05, 0.1) is 28.4 Å². The molecular weight excluding hydrogens is 267 g/mol. The van der Waals surface area contributed by atoms with Gasteiger partial charge in [0.2, 0.25) is 0 Å². The second kappa shape index (κ2) is 4.97. The van der Waals surface area contributed by atoms with Crippen LogP contribution in [0.15, 0.2) is 18.2 Å². The summed E-state index contributed by atoms with van der Waals surface area (Å²) in [5.41, 5.74) is -0.235. The molecule has 1 heterocycles. The molecule has 1 aromatic carbocycles. The highest BCUT2D eigenvalue weighted by Crippen LogP contribution is 2.34. The zero-order valence-electron chi connectivity index (χ0n) is 9.72. The number of hydrogen-bond donors (Lipinski definition) is 1. The van der Waals surface area contributed by atoms with Crippen LogP contribution in [-0.2, 0) is 10.9 Å². The van der Waals surface area contributed by atoms with Crippen LogP contribution in [0.2, 0.25) is 5.02 Å². The molecule has 18 heavy (non-hydrogen) atoms. The van der Waals surface area contributed by atoms with Crippen molar-refractivity contribution in [1.82, 2.24) is 0 Å². The van der Waals surface area contributed by atoms with Crippen molar-refractivity contribution in [3.63, 3.8) is 0 Å². The SMILES string of the molecule is CC1OCCC1Nc1ccc(C(F)(F)F)cc1Cl. The van der Waals surface area contributed by atoms with Gasteiger partial charge in [-0.1, -0.05) is 11.6 Å². The quantitative estimate of drug-likeness (QED) is 0.885. The first-order chi connectivity index (χ1) is 8.38. The lowest BCUT2D eigenvalue weighted by Gasteiger charge is -2.19. The average molecular weight is 280 g/mol. The molecule has 0 radical (unpaired) electrons. The minimum atomic E-state index is -4.37. The normalized spacial score (nSPS) is 24.3. The molecule has 0 aliphatic carbocycles. The number of ether oxygens (including phenoxy) is 1. The van der Waals surface area contributed by atoms with Gasteiger partial charge in [-0.05, 0) is 31.5 Å². The number of alkyl halides is 3. The van der Waals surface area contributed by atoms with Gasteiger partial charge in [-0.2, -0.15) is 13.2 Å². The molecule has 2 nitrogen and oxygen atoms in total. The highest BCUT2D eigenvalue weighted by molar-refractivity contribution is 6.33. The fourth-order valence-electron chi connectivity index (χ4n) is 1.93. The molecule has 2 unspecified atom stereocenters. The Bertz CT molecular complexity index is 436. The molecule has 0 saturated carbocycles. The Labute approximate surface area is 108 Å². The van der Waals surface area contributed by atoms with Crippen LogP contribution in [0, 0.1) is 0 Å². The third-order valence-electron chi connectivity index (χ3n) is 3.01. The summed E-state index contributed by atoms with van der Waals surface area (Å²) in [7, 11) is 0. The Morgan fingerprint density at radius 1 is 1.39 bits per heavy atom. The molecule has 1 N–H and O–H groups in total. The van der Waals surface area contributed by atoms with Crippen LogP contribution >= 0.6 is 11.6 Å². The molecule has 1 fully saturated rings. The number of hydrogen-bond acceptors (Lipinski definition) is 2. The van der Waals surface area contributed by atoms with E-state index < -0.39 is 11.7 Å². The molecule has 1 aliphatic heterocycles. The van der Waals surface area contributed by atoms with E-state index >= 15 is 0 Å². The second-order valence-electron chi connectivity index (χ2n) is 4.31. The first kappa shape index (κ1) is 13.5. The number of nitrogens with one attached hydrogen (secondary N) is 1. The molecule has 1 aromatic rings. The number of anilines is 1. The fourth-order valence-corrected chi connectivity index (χ4v) is 2.16. The predicted molar refractivity (Wildman–Crippen MR) is 63.9 cm³/mol. The summed E-state index contributed by atoms with van der Waals surface area (Å²) in [5.74, 6) is 0. The van der Waals surface area contributed by atoms with Gasteiger partial charge < -0.3 is 10.1 Å². The lowest BCUT2D eigenvalue weighted by Crippen LogP contribution is -2.26. The molecule has 2 atom stereocenters. The van der Waals surface area contributed by atoms with Crippen molar-refractivity contribution in [1.29, 1.82) is 0 Å². The number of benzene rings is 1. The van der Waals surface area contributed by atoms with Gasteiger partial charge in [-0.25, -0.2) is 0 Å². The van der Waals surface area contributed by atoms with Gasteiger partial charge in [0.25, 0.3) is 0 Å². The zero-order chi connectivity index (χ0) is 13.3. The van der Waals surface area contributed by atoms with E-state index in [0.29, 0.717) is 12.3 Å². The highest BCUT2D eigenvalue weighted by Gasteiger charge is 2.31. The Morgan fingerprint density at radius 2 is 2.11 bits per heavy atom. The van der Waals surface area contributed by atoms with Crippen LogP contribution in [0.3, 0.4) is 0 Å². The van der Waals surface area contributed by atoms with Crippen molar-refractivity contribution >= 4 is 17.3 Å². The molecule has 0 spiro atoms. The summed E-state index contributed by atoms with van der Waals surface area (Å²) in [4.78, 5) is 0. The molecule has 0 aromatic heterocycles. The number of halogens is 4. The fraction of sp³-hybridized carbons (Fsp3) is 0.500. The molecule has 1 aliphatic rings. The standard InChI is InChI=1S/C12H13ClF3NO/c1-7-10(4-5-18-7)17-11-3-2-8(6-9(11)13)12(14,15)16/h2-3,6-7,10,17H,4-5H2,1H3. The van der Waals surface area contributed by atoms with Crippen LogP contribution in [0.4, 0.5) is 18.9 Å². The van der Waals surface area contributed by atoms with E-state index in [9.17, 15) is 13.2 Å². The minimum absolute atomic E-state index is 0.0309. The Morgan fingerprint density at radius 3 is 2.61 bits per heavy atom. The zero-order valence-corrected chi connectivity index (χ0v) is 10.5. The third kappa shape index (κ3) is 2.90. The van der Waals surface area contributed by atoms with E-state index in [1.54, 1.807) is 0 Å². The maximum absolute atomic E-state index is 12.5. The monoisotopic (exact) mass is 279 g/mol. The summed E-state index contributed by atoms with van der Waals surface area (Å²) in [6, 6.07) is 3.40. The Kier molecular flexibility index (Phi) is 3.73. The van der Waals surface area contributed by atoms with Gasteiger partial charge >= 0.3 is 6.18 Å². The summed E-state index contributed by atoms with van der Waals surface area (Å²) >= 11 is 5.86. The molecule has 6 heteroatoms. The van der Waals surface area contributed by atoms with Crippen molar-refractivity contribution in [2.75, 3.05) is 11.9 Å². The van der Waals surface area contributed by atoms with Crippen LogP contribution < -0.4 is 5.32 Å². The third-order valence-corrected chi connectivity index (χ3v) is 3.33. The van der Waals surface area contributed by atoms with E-state index in [1.807, 2.05) is 6.92 Å². The van der Waals surface area contributed by atoms with Gasteiger partial charge in [0, 0.05) is 6.61 Å². The smallest absolute Gasteiger partial charge is 0.378 e. The summed E-state index contributed by atoms with van der Waals surface area (Å²) in [6.07, 6.45) is -3.52. The van der Waals surface area contributed by atoms with E-state index in [-0.39, 0.29) is 17.2 Å². The van der Waals surface area contributed by atoms with Crippen molar-refractivity contribution < 1.29 is 17.9 Å². The Hall–Kier alpha value is -0.940. The summed E-state index contributed by atoms with van der Waals surface area (Å²) in [5, 5.41) is 3.19. The largest absolute Gasteiger partial charge is 0.416 e. The summed E-state index contributed by atoms with van der Waals surface area (Å²) < 4.78 is 42.8. The summed E-state index contributed by atoms with van der Waals surface area (Å²) in [6.45, 7) is 2.57. The van der Waals surface area contributed by atoms with E-state index in [4.69, 9.17) is 16.3 Å². The highest BCUT2D eigenvalue weighted by atomic mass is 35.5. The van der Waals surface area contributed by atoms with Crippen molar-refractivity contribution in [2.24, 2.45) is 0 Å². The number of rotatable bonds is 2. The minimum Gasteiger partial charge on any atom is -0.378 e. The van der Waals surface area contributed by atoms with E-state index in [0.717, 1.165) is 18.6 Å². The van der Waals surface area contributed by atoms with E-state index in [2.05, 4.69) is 5.32 Å². The van der Waals surface area contributed by atoms with Gasteiger partial charge in [0.15, 0.2) is 0 Å². The maximum Gasteiger partial charge on any atom is 0.416 e. The lowest BCUT2D eigenvalue weighted by molar-refractivity contribution is -0.137. The molecule has 1 saturated heterocycles. The van der Waals surface area contributed by atoms with Crippen molar-refractivity contribution in [3.8, 4) is 0 Å². The first-order valence-electron chi connectivity index (χ1n) is 5.63. The van der Waals surface area contributed by atoms with Gasteiger partial charge in [0.1, 0.15) is 0 Å². The molecule has 100 valence electrons. The molecular formula is C12H13ClF3NO. The molecule has 0 amide bonds. The molecule has 2 rings (SSSR count). The molecule has 0 bridgehead atoms. The lowest BCUT2D eigenvalue weighted by atomic mass is 10.1.